The standard InChI is InChI=1S/C26H35NO4Si/c1-26(2,3)32(20-12-6-4-7-13-20,21-14-8-5-9-15-21)30-19-22-23(18-24(28)27-22)31-25-16-10-11-17-29-25/h4-9,12-15,22-23,25H,10-11,16-19H2,1-3H3,(H,27,28)/t22?,23-,25?/m1/s1. The minimum Gasteiger partial charge on any atom is -0.405 e. The maximum absolute atomic E-state index is 12.3. The van der Waals surface area contributed by atoms with Crippen LogP contribution in [0.15, 0.2) is 60.7 Å². The summed E-state index contributed by atoms with van der Waals surface area (Å²) in [5.41, 5.74) is 0. The molecule has 2 aromatic rings. The highest BCUT2D eigenvalue weighted by molar-refractivity contribution is 6.99. The van der Waals surface area contributed by atoms with E-state index in [-0.39, 0.29) is 29.4 Å². The number of ether oxygens (including phenoxy) is 2. The molecule has 0 aromatic heterocycles. The molecule has 172 valence electrons. The molecule has 2 aliphatic heterocycles. The SMILES string of the molecule is CC(C)(C)[Si](OCC1NC(=O)C[C@H]1OC1CCCCO1)(c1ccccc1)c1ccccc1. The first-order valence-corrected chi connectivity index (χ1v) is 13.6. The molecule has 6 heteroatoms. The molecule has 3 atom stereocenters. The van der Waals surface area contributed by atoms with Gasteiger partial charge in [-0.3, -0.25) is 4.79 Å². The predicted molar refractivity (Wildman–Crippen MR) is 129 cm³/mol. The van der Waals surface area contributed by atoms with Crippen molar-refractivity contribution in [3.63, 3.8) is 0 Å². The Morgan fingerprint density at radius 3 is 2.16 bits per heavy atom. The zero-order valence-electron chi connectivity index (χ0n) is 19.4. The largest absolute Gasteiger partial charge is 0.405 e. The summed E-state index contributed by atoms with van der Waals surface area (Å²) in [6.45, 7) is 7.92. The first-order valence-electron chi connectivity index (χ1n) is 11.7. The third-order valence-electron chi connectivity index (χ3n) is 6.54. The van der Waals surface area contributed by atoms with Crippen LogP contribution in [0.4, 0.5) is 0 Å². The van der Waals surface area contributed by atoms with E-state index in [0.717, 1.165) is 25.9 Å². The molecule has 2 heterocycles. The fraction of sp³-hybridized carbons (Fsp3) is 0.500. The molecule has 2 aliphatic rings. The number of benzene rings is 2. The van der Waals surface area contributed by atoms with Gasteiger partial charge in [-0.15, -0.1) is 0 Å². The molecule has 2 unspecified atom stereocenters. The Balaban J connectivity index is 1.62. The quantitative estimate of drug-likeness (QED) is 0.653. The lowest BCUT2D eigenvalue weighted by atomic mass is 10.1. The maximum Gasteiger partial charge on any atom is 0.261 e. The molecule has 5 nitrogen and oxygen atoms in total. The Morgan fingerprint density at radius 1 is 1.00 bits per heavy atom. The summed E-state index contributed by atoms with van der Waals surface area (Å²) in [4.78, 5) is 12.3. The van der Waals surface area contributed by atoms with Gasteiger partial charge in [0, 0.05) is 6.61 Å². The fourth-order valence-corrected chi connectivity index (χ4v) is 9.55. The van der Waals surface area contributed by atoms with Gasteiger partial charge in [0.15, 0.2) is 6.29 Å². The van der Waals surface area contributed by atoms with Gasteiger partial charge in [-0.05, 0) is 34.7 Å². The normalized spacial score (nSPS) is 24.3. The molecule has 0 spiro atoms. The summed E-state index contributed by atoms with van der Waals surface area (Å²) in [7, 11) is -2.66. The van der Waals surface area contributed by atoms with Crippen LogP contribution in [0.3, 0.4) is 0 Å². The number of carbonyl (C=O) groups is 1. The zero-order valence-corrected chi connectivity index (χ0v) is 20.4. The van der Waals surface area contributed by atoms with E-state index in [1.165, 1.54) is 10.4 Å². The Morgan fingerprint density at radius 2 is 1.62 bits per heavy atom. The molecule has 32 heavy (non-hydrogen) atoms. The van der Waals surface area contributed by atoms with Gasteiger partial charge in [0.05, 0.1) is 25.2 Å². The second-order valence-corrected chi connectivity index (χ2v) is 14.1. The van der Waals surface area contributed by atoms with Crippen LogP contribution in [-0.2, 0) is 18.7 Å². The number of carbonyl (C=O) groups excluding carboxylic acids is 1. The monoisotopic (exact) mass is 453 g/mol. The summed E-state index contributed by atoms with van der Waals surface area (Å²) in [6, 6.07) is 21.0. The van der Waals surface area contributed by atoms with Gasteiger partial charge in [-0.2, -0.15) is 0 Å². The topological polar surface area (TPSA) is 56.8 Å². The second kappa shape index (κ2) is 9.87. The Kier molecular flexibility index (Phi) is 7.15. The van der Waals surface area contributed by atoms with E-state index in [1.807, 2.05) is 12.1 Å². The second-order valence-electron chi connectivity index (χ2n) is 9.82. The van der Waals surface area contributed by atoms with Crippen LogP contribution in [0.25, 0.3) is 0 Å². The number of nitrogens with one attached hydrogen (secondary N) is 1. The number of hydrogen-bond acceptors (Lipinski definition) is 4. The van der Waals surface area contributed by atoms with Crippen molar-refractivity contribution >= 4 is 24.6 Å². The number of rotatable bonds is 7. The van der Waals surface area contributed by atoms with E-state index in [4.69, 9.17) is 13.9 Å². The molecule has 2 aromatic carbocycles. The smallest absolute Gasteiger partial charge is 0.261 e. The Hall–Kier alpha value is -1.99. The van der Waals surface area contributed by atoms with Crippen molar-refractivity contribution < 1.29 is 18.7 Å². The van der Waals surface area contributed by atoms with Crippen molar-refractivity contribution in [1.29, 1.82) is 0 Å². The molecule has 1 amide bonds. The van der Waals surface area contributed by atoms with Crippen LogP contribution in [0.1, 0.15) is 46.5 Å². The molecule has 2 saturated heterocycles. The van der Waals surface area contributed by atoms with Crippen LogP contribution in [0.5, 0.6) is 0 Å². The zero-order chi connectivity index (χ0) is 22.6. The highest BCUT2D eigenvalue weighted by Crippen LogP contribution is 2.37. The van der Waals surface area contributed by atoms with E-state index in [0.29, 0.717) is 13.0 Å². The van der Waals surface area contributed by atoms with Gasteiger partial charge in [-0.1, -0.05) is 81.4 Å². The summed E-state index contributed by atoms with van der Waals surface area (Å²) in [6.07, 6.45) is 2.95. The summed E-state index contributed by atoms with van der Waals surface area (Å²) in [5.74, 6) is 0.0156. The number of hydrogen-bond donors (Lipinski definition) is 1. The van der Waals surface area contributed by atoms with Crippen LogP contribution >= 0.6 is 0 Å². The molecule has 1 N–H and O–H groups in total. The van der Waals surface area contributed by atoms with Crippen molar-refractivity contribution in [3.05, 3.63) is 60.7 Å². The van der Waals surface area contributed by atoms with Crippen LogP contribution in [0, 0.1) is 0 Å². The lowest BCUT2D eigenvalue weighted by Crippen LogP contribution is -2.67. The lowest BCUT2D eigenvalue weighted by molar-refractivity contribution is -0.190. The molecule has 0 radical (unpaired) electrons. The number of amides is 1. The van der Waals surface area contributed by atoms with E-state index in [1.54, 1.807) is 0 Å². The van der Waals surface area contributed by atoms with Crippen LogP contribution < -0.4 is 15.7 Å². The molecular formula is C26H35NO4Si. The van der Waals surface area contributed by atoms with E-state index in [9.17, 15) is 4.79 Å². The van der Waals surface area contributed by atoms with Crippen molar-refractivity contribution in [2.45, 2.75) is 69.9 Å². The first-order chi connectivity index (χ1) is 15.4. The fourth-order valence-electron chi connectivity index (χ4n) is 4.97. The van der Waals surface area contributed by atoms with E-state index >= 15 is 0 Å². The van der Waals surface area contributed by atoms with Crippen LogP contribution in [-0.4, -0.2) is 45.9 Å². The lowest BCUT2D eigenvalue weighted by Gasteiger charge is -2.43. The van der Waals surface area contributed by atoms with Gasteiger partial charge in [-0.25, -0.2) is 0 Å². The Labute approximate surface area is 192 Å². The first kappa shape index (κ1) is 23.2. The van der Waals surface area contributed by atoms with Gasteiger partial charge in [0.2, 0.25) is 5.91 Å². The third-order valence-corrected chi connectivity index (χ3v) is 11.5. The predicted octanol–water partition coefficient (Wildman–Crippen LogP) is 3.36. The van der Waals surface area contributed by atoms with Gasteiger partial charge < -0.3 is 19.2 Å². The molecule has 0 aliphatic carbocycles. The summed E-state index contributed by atoms with van der Waals surface area (Å²) in [5, 5.41) is 5.45. The van der Waals surface area contributed by atoms with E-state index < -0.39 is 8.32 Å². The van der Waals surface area contributed by atoms with Crippen molar-refractivity contribution in [3.8, 4) is 0 Å². The minimum absolute atomic E-state index is 0.0156. The highest BCUT2D eigenvalue weighted by atomic mass is 28.4. The molecule has 2 fully saturated rings. The molecule has 0 bridgehead atoms. The minimum atomic E-state index is -2.66. The summed E-state index contributed by atoms with van der Waals surface area (Å²) < 4.78 is 19.0. The average Bonchev–Trinajstić information content (AvgIpc) is 3.14. The van der Waals surface area contributed by atoms with Crippen LogP contribution in [0.2, 0.25) is 5.04 Å². The summed E-state index contributed by atoms with van der Waals surface area (Å²) >= 11 is 0. The van der Waals surface area contributed by atoms with Crippen molar-refractivity contribution in [2.24, 2.45) is 0 Å². The van der Waals surface area contributed by atoms with Gasteiger partial charge in [0.1, 0.15) is 0 Å². The average molecular weight is 454 g/mol. The Bertz CT molecular complexity index is 838. The van der Waals surface area contributed by atoms with Gasteiger partial charge >= 0.3 is 0 Å². The van der Waals surface area contributed by atoms with E-state index in [2.05, 4.69) is 74.6 Å². The third kappa shape index (κ3) is 4.83. The van der Waals surface area contributed by atoms with Gasteiger partial charge in [0.25, 0.3) is 8.32 Å². The highest BCUT2D eigenvalue weighted by Gasteiger charge is 2.51. The molecule has 0 saturated carbocycles. The molecular weight excluding hydrogens is 418 g/mol. The van der Waals surface area contributed by atoms with Crippen molar-refractivity contribution in [2.75, 3.05) is 13.2 Å². The maximum atomic E-state index is 12.3. The molecule has 4 rings (SSSR count). The van der Waals surface area contributed by atoms with Crippen molar-refractivity contribution in [1.82, 2.24) is 5.32 Å².